The second kappa shape index (κ2) is 6.85. The van der Waals surface area contributed by atoms with Gasteiger partial charge in [-0.3, -0.25) is 0 Å². The lowest BCUT2D eigenvalue weighted by atomic mass is 9.98. The highest BCUT2D eigenvalue weighted by molar-refractivity contribution is 5.33. The second-order valence-electron chi connectivity index (χ2n) is 5.29. The molecule has 2 atom stereocenters. The quantitative estimate of drug-likeness (QED) is 0.847. The van der Waals surface area contributed by atoms with Crippen molar-refractivity contribution < 1.29 is 13.5 Å². The summed E-state index contributed by atoms with van der Waals surface area (Å²) in [5.41, 5.74) is 0.786. The average molecular weight is 269 g/mol. The van der Waals surface area contributed by atoms with Gasteiger partial charge in [0.1, 0.15) is 5.75 Å². The van der Waals surface area contributed by atoms with Gasteiger partial charge in [0.25, 0.3) is 0 Å². The molecular formula is C15H21F2NO. The number of halogens is 2. The first-order valence-electron chi connectivity index (χ1n) is 6.90. The Kier molecular flexibility index (Phi) is 5.14. The first-order chi connectivity index (χ1) is 9.16. The van der Waals surface area contributed by atoms with E-state index in [0.29, 0.717) is 12.5 Å². The highest BCUT2D eigenvalue weighted by Gasteiger charge is 2.22. The van der Waals surface area contributed by atoms with Gasteiger partial charge in [0.2, 0.25) is 0 Å². The van der Waals surface area contributed by atoms with E-state index in [4.69, 9.17) is 0 Å². The van der Waals surface area contributed by atoms with Crippen LogP contribution < -0.4 is 10.1 Å². The van der Waals surface area contributed by atoms with Crippen molar-refractivity contribution in [2.45, 2.75) is 39.3 Å². The van der Waals surface area contributed by atoms with Crippen LogP contribution in [0.4, 0.5) is 8.78 Å². The zero-order chi connectivity index (χ0) is 13.7. The zero-order valence-corrected chi connectivity index (χ0v) is 11.2. The summed E-state index contributed by atoms with van der Waals surface area (Å²) in [6, 6.07) is 6.96. The van der Waals surface area contributed by atoms with E-state index < -0.39 is 6.61 Å². The molecule has 1 fully saturated rings. The molecule has 1 aromatic carbocycles. The molecule has 0 aliphatic heterocycles. The van der Waals surface area contributed by atoms with Gasteiger partial charge in [-0.2, -0.15) is 8.78 Å². The Morgan fingerprint density at radius 3 is 2.79 bits per heavy atom. The SMILES string of the molecule is CC1CCCC1CNCc1ccccc1OC(F)F. The molecule has 1 aliphatic carbocycles. The summed E-state index contributed by atoms with van der Waals surface area (Å²) in [5.74, 6) is 1.74. The van der Waals surface area contributed by atoms with E-state index in [1.165, 1.54) is 19.3 Å². The van der Waals surface area contributed by atoms with Crippen LogP contribution in [0.15, 0.2) is 24.3 Å². The average Bonchev–Trinajstić information content (AvgIpc) is 2.77. The van der Waals surface area contributed by atoms with Crippen LogP contribution in [0.2, 0.25) is 0 Å². The van der Waals surface area contributed by atoms with Crippen molar-refractivity contribution in [2.24, 2.45) is 11.8 Å². The molecule has 0 bridgehead atoms. The Hall–Kier alpha value is -1.16. The minimum absolute atomic E-state index is 0.268. The van der Waals surface area contributed by atoms with Crippen molar-refractivity contribution >= 4 is 0 Å². The van der Waals surface area contributed by atoms with E-state index in [9.17, 15) is 8.78 Å². The third kappa shape index (κ3) is 4.16. The van der Waals surface area contributed by atoms with Crippen LogP contribution in [-0.2, 0) is 6.54 Å². The lowest BCUT2D eigenvalue weighted by molar-refractivity contribution is -0.0505. The number of alkyl halides is 2. The van der Waals surface area contributed by atoms with Crippen LogP contribution in [0, 0.1) is 11.8 Å². The van der Waals surface area contributed by atoms with Crippen molar-refractivity contribution in [3.05, 3.63) is 29.8 Å². The van der Waals surface area contributed by atoms with Gasteiger partial charge in [0, 0.05) is 12.1 Å². The lowest BCUT2D eigenvalue weighted by Gasteiger charge is -2.17. The molecule has 1 N–H and O–H groups in total. The predicted molar refractivity (Wildman–Crippen MR) is 71.3 cm³/mol. The predicted octanol–water partition coefficient (Wildman–Crippen LogP) is 3.81. The largest absolute Gasteiger partial charge is 0.434 e. The van der Waals surface area contributed by atoms with Crippen molar-refractivity contribution in [1.82, 2.24) is 5.32 Å². The smallest absolute Gasteiger partial charge is 0.387 e. The fraction of sp³-hybridized carbons (Fsp3) is 0.600. The standard InChI is InChI=1S/C15H21F2NO/c1-11-5-4-7-12(11)9-18-10-13-6-2-3-8-14(13)19-15(16)17/h2-3,6,8,11-12,15,18H,4-5,7,9-10H2,1H3. The van der Waals surface area contributed by atoms with Gasteiger partial charge in [-0.15, -0.1) is 0 Å². The van der Waals surface area contributed by atoms with Gasteiger partial charge in [-0.05, 0) is 30.9 Å². The molecule has 0 radical (unpaired) electrons. The zero-order valence-electron chi connectivity index (χ0n) is 11.2. The van der Waals surface area contributed by atoms with E-state index in [0.717, 1.165) is 18.0 Å². The Morgan fingerprint density at radius 2 is 2.11 bits per heavy atom. The number of benzene rings is 1. The summed E-state index contributed by atoms with van der Waals surface area (Å²) in [6.07, 6.45) is 3.87. The molecule has 0 spiro atoms. The van der Waals surface area contributed by atoms with Gasteiger partial charge in [-0.1, -0.05) is 38.0 Å². The minimum Gasteiger partial charge on any atom is -0.434 e. The van der Waals surface area contributed by atoms with E-state index in [2.05, 4.69) is 17.0 Å². The first kappa shape index (κ1) is 14.3. The fourth-order valence-electron chi connectivity index (χ4n) is 2.78. The first-order valence-corrected chi connectivity index (χ1v) is 6.90. The number of rotatable bonds is 6. The van der Waals surface area contributed by atoms with Crippen LogP contribution >= 0.6 is 0 Å². The maximum Gasteiger partial charge on any atom is 0.387 e. The molecule has 1 aromatic rings. The van der Waals surface area contributed by atoms with Crippen molar-refractivity contribution in [2.75, 3.05) is 6.54 Å². The van der Waals surface area contributed by atoms with Gasteiger partial charge in [0.15, 0.2) is 0 Å². The third-order valence-electron chi connectivity index (χ3n) is 3.95. The monoisotopic (exact) mass is 269 g/mol. The summed E-state index contributed by atoms with van der Waals surface area (Å²) in [7, 11) is 0. The summed E-state index contributed by atoms with van der Waals surface area (Å²) in [5, 5.41) is 3.36. The van der Waals surface area contributed by atoms with Gasteiger partial charge in [0.05, 0.1) is 0 Å². The fourth-order valence-corrected chi connectivity index (χ4v) is 2.78. The Morgan fingerprint density at radius 1 is 1.32 bits per heavy atom. The molecule has 0 saturated heterocycles. The van der Waals surface area contributed by atoms with Crippen LogP contribution in [0.5, 0.6) is 5.75 Å². The molecule has 2 unspecified atom stereocenters. The summed E-state index contributed by atoms with van der Waals surface area (Å²) >= 11 is 0. The number of nitrogens with one attached hydrogen (secondary N) is 1. The Bertz CT molecular complexity index is 397. The Balaban J connectivity index is 1.85. The summed E-state index contributed by atoms with van der Waals surface area (Å²) in [6.45, 7) is 1.04. The summed E-state index contributed by atoms with van der Waals surface area (Å²) < 4.78 is 29.1. The molecule has 0 amide bonds. The highest BCUT2D eigenvalue weighted by atomic mass is 19.3. The molecule has 1 aliphatic rings. The molecule has 2 rings (SSSR count). The van der Waals surface area contributed by atoms with E-state index in [-0.39, 0.29) is 5.75 Å². The van der Waals surface area contributed by atoms with Crippen LogP contribution in [0.3, 0.4) is 0 Å². The molecule has 0 heterocycles. The van der Waals surface area contributed by atoms with E-state index in [1.807, 2.05) is 12.1 Å². The maximum absolute atomic E-state index is 12.3. The van der Waals surface area contributed by atoms with E-state index >= 15 is 0 Å². The minimum atomic E-state index is -2.77. The molecule has 4 heteroatoms. The Labute approximate surface area is 113 Å². The maximum atomic E-state index is 12.3. The van der Waals surface area contributed by atoms with Crippen LogP contribution in [0.1, 0.15) is 31.7 Å². The summed E-state index contributed by atoms with van der Waals surface area (Å²) in [4.78, 5) is 0. The van der Waals surface area contributed by atoms with Crippen molar-refractivity contribution in [3.8, 4) is 5.75 Å². The molecule has 1 saturated carbocycles. The molecule has 2 nitrogen and oxygen atoms in total. The van der Waals surface area contributed by atoms with Crippen molar-refractivity contribution in [1.29, 1.82) is 0 Å². The molecule has 0 aromatic heterocycles. The van der Waals surface area contributed by atoms with Gasteiger partial charge < -0.3 is 10.1 Å². The van der Waals surface area contributed by atoms with Crippen molar-refractivity contribution in [3.63, 3.8) is 0 Å². The van der Waals surface area contributed by atoms with Crippen LogP contribution in [0.25, 0.3) is 0 Å². The molecular weight excluding hydrogens is 248 g/mol. The number of para-hydroxylation sites is 1. The molecule has 106 valence electrons. The number of hydrogen-bond acceptors (Lipinski definition) is 2. The van der Waals surface area contributed by atoms with Gasteiger partial charge in [-0.25, -0.2) is 0 Å². The van der Waals surface area contributed by atoms with Gasteiger partial charge >= 0.3 is 6.61 Å². The number of hydrogen-bond donors (Lipinski definition) is 1. The highest BCUT2D eigenvalue weighted by Crippen LogP contribution is 2.30. The lowest BCUT2D eigenvalue weighted by Crippen LogP contribution is -2.24. The number of ether oxygens (including phenoxy) is 1. The topological polar surface area (TPSA) is 21.3 Å². The second-order valence-corrected chi connectivity index (χ2v) is 5.29. The normalized spacial score (nSPS) is 22.9. The van der Waals surface area contributed by atoms with E-state index in [1.54, 1.807) is 12.1 Å². The van der Waals surface area contributed by atoms with Crippen LogP contribution in [-0.4, -0.2) is 13.2 Å². The molecule has 19 heavy (non-hydrogen) atoms. The third-order valence-corrected chi connectivity index (χ3v) is 3.95.